The molecule has 6 heteroatoms. The Bertz CT molecular complexity index is 709. The summed E-state index contributed by atoms with van der Waals surface area (Å²) in [6, 6.07) is 9.51. The lowest BCUT2D eigenvalue weighted by Gasteiger charge is -2.17. The van der Waals surface area contributed by atoms with Crippen LogP contribution in [0.15, 0.2) is 42.5 Å². The number of hydrogen-bond acceptors (Lipinski definition) is 1. The first-order chi connectivity index (χ1) is 10.9. The summed E-state index contributed by atoms with van der Waals surface area (Å²) in [4.78, 5) is 12.2. The quantitative estimate of drug-likeness (QED) is 0.863. The second-order valence-electron chi connectivity index (χ2n) is 5.44. The highest BCUT2D eigenvalue weighted by molar-refractivity contribution is 6.30. The van der Waals surface area contributed by atoms with Gasteiger partial charge in [-0.3, -0.25) is 4.79 Å². The van der Waals surface area contributed by atoms with Gasteiger partial charge in [-0.05, 0) is 44.2 Å². The monoisotopic (exact) mass is 339 g/mol. The number of benzene rings is 2. The van der Waals surface area contributed by atoms with Gasteiger partial charge in [0, 0.05) is 22.3 Å². The third-order valence-electron chi connectivity index (χ3n) is 3.54. The molecule has 0 saturated heterocycles. The first kappa shape index (κ1) is 17.4. The standard InChI is InChI=1S/C17H17ClF2N2O/c1-10(15-7-6-13(19)9-16(15)20)21-11(2)17(23)22-14-5-3-4-12(18)8-14/h3-11,21H,1-2H3,(H,22,23)/p+1/t10-,11-/m1/s1. The molecule has 2 aromatic rings. The van der Waals surface area contributed by atoms with Gasteiger partial charge >= 0.3 is 0 Å². The minimum atomic E-state index is -0.620. The Balaban J connectivity index is 2.00. The fourth-order valence-corrected chi connectivity index (χ4v) is 2.51. The molecular weight excluding hydrogens is 322 g/mol. The SMILES string of the molecule is C[C@@H]([NH2+][C@H](C)c1ccc(F)cc1F)C(=O)Nc1cccc(Cl)c1. The van der Waals surface area contributed by atoms with Crippen LogP contribution in [0.4, 0.5) is 14.5 Å². The van der Waals surface area contributed by atoms with Gasteiger partial charge in [-0.1, -0.05) is 17.7 Å². The predicted molar refractivity (Wildman–Crippen MR) is 86.2 cm³/mol. The lowest BCUT2D eigenvalue weighted by molar-refractivity contribution is -0.710. The number of amides is 1. The van der Waals surface area contributed by atoms with E-state index in [0.717, 1.165) is 6.07 Å². The molecule has 0 fully saturated rings. The van der Waals surface area contributed by atoms with E-state index in [9.17, 15) is 13.6 Å². The Kier molecular flexibility index (Phi) is 5.69. The van der Waals surface area contributed by atoms with Crippen molar-refractivity contribution in [2.75, 3.05) is 5.32 Å². The summed E-state index contributed by atoms with van der Waals surface area (Å²) in [7, 11) is 0. The Morgan fingerprint density at radius 2 is 1.91 bits per heavy atom. The number of rotatable bonds is 5. The highest BCUT2D eigenvalue weighted by atomic mass is 35.5. The Labute approximate surface area is 138 Å². The van der Waals surface area contributed by atoms with Crippen molar-refractivity contribution in [3.05, 3.63) is 64.7 Å². The van der Waals surface area contributed by atoms with Gasteiger partial charge in [0.15, 0.2) is 6.04 Å². The molecule has 23 heavy (non-hydrogen) atoms. The summed E-state index contributed by atoms with van der Waals surface area (Å²) in [6.45, 7) is 3.48. The first-order valence-electron chi connectivity index (χ1n) is 7.23. The molecule has 0 bridgehead atoms. The van der Waals surface area contributed by atoms with E-state index < -0.39 is 17.7 Å². The average Bonchev–Trinajstić information content (AvgIpc) is 2.46. The zero-order chi connectivity index (χ0) is 17.0. The average molecular weight is 340 g/mol. The van der Waals surface area contributed by atoms with Gasteiger partial charge in [-0.25, -0.2) is 8.78 Å². The van der Waals surface area contributed by atoms with Gasteiger partial charge in [0.25, 0.3) is 5.91 Å². The normalized spacial score (nSPS) is 13.4. The number of quaternary nitrogens is 1. The van der Waals surface area contributed by atoms with Crippen molar-refractivity contribution in [1.29, 1.82) is 0 Å². The maximum atomic E-state index is 13.8. The number of anilines is 1. The zero-order valence-electron chi connectivity index (χ0n) is 12.8. The molecule has 0 aliphatic heterocycles. The summed E-state index contributed by atoms with van der Waals surface area (Å²) in [5.74, 6) is -1.46. The minimum absolute atomic E-state index is 0.221. The van der Waals surface area contributed by atoms with Gasteiger partial charge in [0.2, 0.25) is 0 Å². The third-order valence-corrected chi connectivity index (χ3v) is 3.77. The Hall–Kier alpha value is -1.98. The molecule has 3 N–H and O–H groups in total. The lowest BCUT2D eigenvalue weighted by atomic mass is 10.1. The number of hydrogen-bond donors (Lipinski definition) is 2. The molecule has 0 saturated carbocycles. The molecule has 2 aromatic carbocycles. The van der Waals surface area contributed by atoms with Gasteiger partial charge in [0.05, 0.1) is 0 Å². The van der Waals surface area contributed by atoms with Crippen LogP contribution >= 0.6 is 11.6 Å². The maximum absolute atomic E-state index is 13.8. The maximum Gasteiger partial charge on any atom is 0.282 e. The third kappa shape index (κ3) is 4.74. The van der Waals surface area contributed by atoms with Crippen LogP contribution in [-0.2, 0) is 4.79 Å². The van der Waals surface area contributed by atoms with E-state index in [2.05, 4.69) is 5.32 Å². The molecular formula is C17H18ClF2N2O+. The van der Waals surface area contributed by atoms with Crippen LogP contribution in [0, 0.1) is 11.6 Å². The van der Waals surface area contributed by atoms with Crippen LogP contribution in [0.25, 0.3) is 0 Å². The van der Waals surface area contributed by atoms with Crippen LogP contribution in [-0.4, -0.2) is 11.9 Å². The summed E-state index contributed by atoms with van der Waals surface area (Å²) in [5.41, 5.74) is 0.956. The predicted octanol–water partition coefficient (Wildman–Crippen LogP) is 3.27. The lowest BCUT2D eigenvalue weighted by Crippen LogP contribution is -2.91. The number of carbonyl (C=O) groups excluding carboxylic acids is 1. The molecule has 0 aliphatic rings. The first-order valence-corrected chi connectivity index (χ1v) is 7.61. The van der Waals surface area contributed by atoms with Crippen LogP contribution in [0.2, 0.25) is 5.02 Å². The molecule has 0 radical (unpaired) electrons. The van der Waals surface area contributed by atoms with E-state index in [1.54, 1.807) is 43.4 Å². The number of nitrogens with two attached hydrogens (primary N) is 1. The molecule has 0 unspecified atom stereocenters. The molecule has 2 rings (SSSR count). The highest BCUT2D eigenvalue weighted by Gasteiger charge is 2.22. The smallest absolute Gasteiger partial charge is 0.282 e. The van der Waals surface area contributed by atoms with Gasteiger partial charge in [-0.15, -0.1) is 0 Å². The van der Waals surface area contributed by atoms with E-state index in [4.69, 9.17) is 11.6 Å². The number of nitrogens with one attached hydrogen (secondary N) is 1. The van der Waals surface area contributed by atoms with Crippen molar-refractivity contribution in [2.45, 2.75) is 25.9 Å². The Morgan fingerprint density at radius 1 is 1.17 bits per heavy atom. The fraction of sp³-hybridized carbons (Fsp3) is 0.235. The number of halogens is 3. The Morgan fingerprint density at radius 3 is 2.57 bits per heavy atom. The topological polar surface area (TPSA) is 45.7 Å². The molecule has 3 nitrogen and oxygen atoms in total. The van der Waals surface area contributed by atoms with Crippen molar-refractivity contribution in [3.63, 3.8) is 0 Å². The van der Waals surface area contributed by atoms with Crippen LogP contribution in [0.5, 0.6) is 0 Å². The fourth-order valence-electron chi connectivity index (χ4n) is 2.32. The second-order valence-corrected chi connectivity index (χ2v) is 5.87. The summed E-state index contributed by atoms with van der Waals surface area (Å²) < 4.78 is 26.7. The molecule has 2 atom stereocenters. The van der Waals surface area contributed by atoms with E-state index in [0.29, 0.717) is 16.3 Å². The summed E-state index contributed by atoms with van der Waals surface area (Å²) in [5, 5.41) is 5.00. The van der Waals surface area contributed by atoms with Gasteiger partial charge in [0.1, 0.15) is 17.7 Å². The summed E-state index contributed by atoms with van der Waals surface area (Å²) >= 11 is 5.87. The van der Waals surface area contributed by atoms with E-state index in [-0.39, 0.29) is 11.9 Å². The van der Waals surface area contributed by atoms with Crippen molar-refractivity contribution >= 4 is 23.2 Å². The van der Waals surface area contributed by atoms with Crippen molar-refractivity contribution < 1.29 is 18.9 Å². The molecule has 0 aromatic heterocycles. The van der Waals surface area contributed by atoms with E-state index >= 15 is 0 Å². The second kappa shape index (κ2) is 7.53. The molecule has 122 valence electrons. The van der Waals surface area contributed by atoms with E-state index in [1.807, 2.05) is 0 Å². The highest BCUT2D eigenvalue weighted by Crippen LogP contribution is 2.16. The molecule has 0 aliphatic carbocycles. The van der Waals surface area contributed by atoms with Crippen molar-refractivity contribution in [1.82, 2.24) is 0 Å². The van der Waals surface area contributed by atoms with Crippen LogP contribution in [0.3, 0.4) is 0 Å². The van der Waals surface area contributed by atoms with Crippen LogP contribution < -0.4 is 10.6 Å². The van der Waals surface area contributed by atoms with E-state index in [1.165, 1.54) is 12.1 Å². The number of carbonyl (C=O) groups is 1. The zero-order valence-corrected chi connectivity index (χ0v) is 13.6. The van der Waals surface area contributed by atoms with Crippen molar-refractivity contribution in [3.8, 4) is 0 Å². The largest absolute Gasteiger partial charge is 0.330 e. The van der Waals surface area contributed by atoms with Crippen LogP contribution in [0.1, 0.15) is 25.5 Å². The van der Waals surface area contributed by atoms with Gasteiger partial charge in [-0.2, -0.15) is 0 Å². The molecule has 0 heterocycles. The molecule has 1 amide bonds. The minimum Gasteiger partial charge on any atom is -0.330 e. The molecule has 0 spiro atoms. The van der Waals surface area contributed by atoms with Gasteiger partial charge < -0.3 is 10.6 Å². The van der Waals surface area contributed by atoms with Crippen molar-refractivity contribution in [2.24, 2.45) is 0 Å². The summed E-state index contributed by atoms with van der Waals surface area (Å²) in [6.07, 6.45) is 0.